The second-order valence-electron chi connectivity index (χ2n) is 3.41. The van der Waals surface area contributed by atoms with Crippen molar-refractivity contribution in [2.75, 3.05) is 6.54 Å². The van der Waals surface area contributed by atoms with Gasteiger partial charge in [-0.2, -0.15) is 0 Å². The van der Waals surface area contributed by atoms with Crippen LogP contribution in [-0.4, -0.2) is 16.8 Å². The van der Waals surface area contributed by atoms with Crippen molar-refractivity contribution in [2.24, 2.45) is 5.73 Å². The maximum Gasteiger partial charge on any atom is 0.0106 e. The van der Waals surface area contributed by atoms with Gasteiger partial charge < -0.3 is 5.73 Å². The maximum atomic E-state index is 5.46. The van der Waals surface area contributed by atoms with Crippen LogP contribution in [0.5, 0.6) is 0 Å². The molecule has 0 aromatic rings. The van der Waals surface area contributed by atoms with Gasteiger partial charge in [-0.25, -0.2) is 0 Å². The maximum absolute atomic E-state index is 5.46. The molecule has 0 radical (unpaired) electrons. The van der Waals surface area contributed by atoms with Gasteiger partial charge in [0.05, 0.1) is 0 Å². The fourth-order valence-corrected chi connectivity index (χ4v) is 1.49. The summed E-state index contributed by atoms with van der Waals surface area (Å²) in [5, 5.41) is 0.694. The average molecular weight is 159 g/mol. The van der Waals surface area contributed by atoms with Crippen LogP contribution in [0, 0.1) is 0 Å². The van der Waals surface area contributed by atoms with Gasteiger partial charge in [0.2, 0.25) is 0 Å². The molecule has 0 unspecified atom stereocenters. The molecule has 0 heterocycles. The van der Waals surface area contributed by atoms with Crippen LogP contribution < -0.4 is 5.73 Å². The van der Waals surface area contributed by atoms with Gasteiger partial charge in [-0.05, 0) is 24.4 Å². The molecule has 0 bridgehead atoms. The Morgan fingerprint density at radius 2 is 1.80 bits per heavy atom. The first-order chi connectivity index (χ1) is 4.68. The van der Waals surface area contributed by atoms with Gasteiger partial charge in [0, 0.05) is 10.2 Å². The highest BCUT2D eigenvalue weighted by Gasteiger charge is 2.17. The molecule has 0 aliphatic rings. The van der Waals surface area contributed by atoms with Gasteiger partial charge in [-0.1, -0.05) is 26.7 Å². The molecule has 0 rings (SSSR count). The lowest BCUT2D eigenvalue weighted by Crippen LogP contribution is -2.12. The van der Waals surface area contributed by atoms with Crippen molar-refractivity contribution in [2.45, 2.75) is 44.6 Å². The Balaban J connectivity index is 3.58. The van der Waals surface area contributed by atoms with Gasteiger partial charge in [0.1, 0.15) is 0 Å². The smallest absolute Gasteiger partial charge is 0.0106 e. The number of nitrogens with two attached hydrogens (primary N) is 1. The zero-order chi connectivity index (χ0) is 8.04. The zero-order valence-electron chi connectivity index (χ0n) is 7.61. The highest BCUT2D eigenvalue weighted by atomic mass is 28.1. The lowest BCUT2D eigenvalue weighted by molar-refractivity contribution is 0.469. The van der Waals surface area contributed by atoms with E-state index in [4.69, 9.17) is 5.73 Å². The monoisotopic (exact) mass is 159 g/mol. The second kappa shape index (κ2) is 4.91. The fraction of sp³-hybridized carbons (Fsp3) is 1.00. The molecular formula is C8H21NSi. The van der Waals surface area contributed by atoms with Crippen LogP contribution in [0.2, 0.25) is 5.04 Å². The van der Waals surface area contributed by atoms with Crippen molar-refractivity contribution in [1.82, 2.24) is 0 Å². The topological polar surface area (TPSA) is 26.0 Å². The zero-order valence-corrected chi connectivity index (χ0v) is 9.61. The van der Waals surface area contributed by atoms with Gasteiger partial charge in [-0.15, -0.1) is 0 Å². The molecule has 0 aliphatic heterocycles. The van der Waals surface area contributed by atoms with E-state index >= 15 is 0 Å². The summed E-state index contributed by atoms with van der Waals surface area (Å²) < 4.78 is 0. The van der Waals surface area contributed by atoms with Crippen molar-refractivity contribution in [3.05, 3.63) is 0 Å². The minimum absolute atomic E-state index is 0.694. The Kier molecular flexibility index (Phi) is 5.00. The van der Waals surface area contributed by atoms with E-state index in [0.717, 1.165) is 6.54 Å². The molecule has 0 fully saturated rings. The number of hydrogen-bond acceptors (Lipinski definition) is 1. The van der Waals surface area contributed by atoms with Crippen LogP contribution in [0.3, 0.4) is 0 Å². The predicted molar refractivity (Wildman–Crippen MR) is 51.5 cm³/mol. The molecule has 1 nitrogen and oxygen atoms in total. The summed E-state index contributed by atoms with van der Waals surface area (Å²) in [6.07, 6.45) is 5.25. The highest BCUT2D eigenvalue weighted by Crippen LogP contribution is 2.35. The molecule has 0 atom stereocenters. The standard InChI is InChI=1S/C8H21NSi/c1-3-8(10,4-2)6-5-7-9/h3-7,9H2,1-2,10H3. The molecule has 0 aromatic carbocycles. The molecule has 2 heteroatoms. The lowest BCUT2D eigenvalue weighted by Gasteiger charge is -2.26. The van der Waals surface area contributed by atoms with Crippen molar-refractivity contribution >= 4 is 10.2 Å². The molecule has 0 aromatic heterocycles. The third-order valence-corrected chi connectivity index (χ3v) is 4.61. The Labute approximate surface area is 67.8 Å². The summed E-state index contributed by atoms with van der Waals surface area (Å²) in [5.74, 6) is 0. The first-order valence-corrected chi connectivity index (χ1v) is 5.38. The largest absolute Gasteiger partial charge is 0.330 e. The SMILES string of the molecule is CCC([SiH3])(CC)CCCN. The summed E-state index contributed by atoms with van der Waals surface area (Å²) in [7, 11) is 1.33. The summed E-state index contributed by atoms with van der Waals surface area (Å²) >= 11 is 0. The Morgan fingerprint density at radius 3 is 2.10 bits per heavy atom. The van der Waals surface area contributed by atoms with Crippen LogP contribution in [0.1, 0.15) is 39.5 Å². The molecule has 0 amide bonds. The molecule has 10 heavy (non-hydrogen) atoms. The quantitative estimate of drug-likeness (QED) is 0.597. The summed E-state index contributed by atoms with van der Waals surface area (Å²) in [6, 6.07) is 0. The lowest BCUT2D eigenvalue weighted by atomic mass is 9.96. The molecule has 2 N–H and O–H groups in total. The normalized spacial score (nSPS) is 12.3. The summed E-state index contributed by atoms with van der Waals surface area (Å²) in [5.41, 5.74) is 5.46. The molecular weight excluding hydrogens is 138 g/mol. The van der Waals surface area contributed by atoms with Crippen molar-refractivity contribution in [3.8, 4) is 0 Å². The predicted octanol–water partition coefficient (Wildman–Crippen LogP) is 1.07. The van der Waals surface area contributed by atoms with E-state index in [2.05, 4.69) is 13.8 Å². The van der Waals surface area contributed by atoms with Crippen molar-refractivity contribution in [3.63, 3.8) is 0 Å². The van der Waals surface area contributed by atoms with Gasteiger partial charge in [-0.3, -0.25) is 0 Å². The van der Waals surface area contributed by atoms with E-state index < -0.39 is 0 Å². The fourth-order valence-electron chi connectivity index (χ4n) is 1.13. The van der Waals surface area contributed by atoms with E-state index in [0.29, 0.717) is 5.04 Å². The molecule has 62 valence electrons. The van der Waals surface area contributed by atoms with E-state index in [-0.39, 0.29) is 0 Å². The van der Waals surface area contributed by atoms with Gasteiger partial charge in [0.25, 0.3) is 0 Å². The minimum Gasteiger partial charge on any atom is -0.330 e. The van der Waals surface area contributed by atoms with Crippen LogP contribution in [0.15, 0.2) is 0 Å². The summed E-state index contributed by atoms with van der Waals surface area (Å²) in [6.45, 7) is 5.46. The first-order valence-electron chi connectivity index (χ1n) is 4.38. The molecule has 0 saturated carbocycles. The van der Waals surface area contributed by atoms with Crippen LogP contribution in [0.25, 0.3) is 0 Å². The number of hydrogen-bond donors (Lipinski definition) is 1. The van der Waals surface area contributed by atoms with E-state index in [1.807, 2.05) is 0 Å². The van der Waals surface area contributed by atoms with Crippen LogP contribution in [0.4, 0.5) is 0 Å². The Morgan fingerprint density at radius 1 is 1.30 bits per heavy atom. The third kappa shape index (κ3) is 3.37. The average Bonchev–Trinajstić information content (AvgIpc) is 2.00. The molecule has 0 saturated heterocycles. The van der Waals surface area contributed by atoms with E-state index in [1.165, 1.54) is 35.9 Å². The van der Waals surface area contributed by atoms with E-state index in [1.54, 1.807) is 0 Å². The Hall–Kier alpha value is 0.177. The summed E-state index contributed by atoms with van der Waals surface area (Å²) in [4.78, 5) is 0. The molecule has 0 spiro atoms. The second-order valence-corrected chi connectivity index (χ2v) is 5.53. The van der Waals surface area contributed by atoms with E-state index in [9.17, 15) is 0 Å². The first kappa shape index (κ1) is 10.2. The third-order valence-electron chi connectivity index (χ3n) is 2.69. The number of rotatable bonds is 5. The Bertz CT molecular complexity index is 79.3. The highest BCUT2D eigenvalue weighted by molar-refractivity contribution is 6.15. The van der Waals surface area contributed by atoms with Crippen LogP contribution in [-0.2, 0) is 0 Å². The minimum atomic E-state index is 0.694. The van der Waals surface area contributed by atoms with Crippen molar-refractivity contribution in [1.29, 1.82) is 0 Å². The van der Waals surface area contributed by atoms with Crippen molar-refractivity contribution < 1.29 is 0 Å². The van der Waals surface area contributed by atoms with Crippen LogP contribution >= 0.6 is 0 Å². The van der Waals surface area contributed by atoms with Gasteiger partial charge in [0.15, 0.2) is 0 Å². The van der Waals surface area contributed by atoms with Gasteiger partial charge >= 0.3 is 0 Å². The molecule has 0 aliphatic carbocycles.